The van der Waals surface area contributed by atoms with Crippen molar-refractivity contribution in [2.75, 3.05) is 6.61 Å². The van der Waals surface area contributed by atoms with E-state index in [-0.39, 0.29) is 12.4 Å². The smallest absolute Gasteiger partial charge is 0.306 e. The van der Waals surface area contributed by atoms with Crippen LogP contribution in [0.1, 0.15) is 25.3 Å². The van der Waals surface area contributed by atoms with Crippen LogP contribution < -0.4 is 0 Å². The quantitative estimate of drug-likeness (QED) is 0.576. The number of esters is 1. The standard InChI is InChI=1S/C14H15NO2/c1-2-17-14(16)9-8-13(11-15)10-12-6-4-3-5-7-12/h3-7,10H,2,8-9H2,1H3/b13-10-. The summed E-state index contributed by atoms with van der Waals surface area (Å²) in [6, 6.07) is 11.7. The van der Waals surface area contributed by atoms with Crippen LogP contribution in [0.3, 0.4) is 0 Å². The molecule has 1 aromatic carbocycles. The first kappa shape index (κ1) is 13.0. The summed E-state index contributed by atoms with van der Waals surface area (Å²) in [6.07, 6.45) is 2.46. The van der Waals surface area contributed by atoms with E-state index in [1.807, 2.05) is 30.3 Å². The summed E-state index contributed by atoms with van der Waals surface area (Å²) in [7, 11) is 0. The predicted octanol–water partition coefficient (Wildman–Crippen LogP) is 2.94. The van der Waals surface area contributed by atoms with Crippen molar-refractivity contribution in [1.82, 2.24) is 0 Å². The van der Waals surface area contributed by atoms with E-state index in [2.05, 4.69) is 6.07 Å². The number of allylic oxidation sites excluding steroid dienone is 1. The second-order valence-electron chi connectivity index (χ2n) is 3.50. The second kappa shape index (κ2) is 7.24. The Labute approximate surface area is 101 Å². The molecule has 0 amide bonds. The third kappa shape index (κ3) is 4.98. The van der Waals surface area contributed by atoms with Gasteiger partial charge in [-0.15, -0.1) is 0 Å². The maximum Gasteiger partial charge on any atom is 0.306 e. The molecule has 0 aliphatic heterocycles. The van der Waals surface area contributed by atoms with Gasteiger partial charge in [-0.2, -0.15) is 5.26 Å². The fourth-order valence-corrected chi connectivity index (χ4v) is 1.38. The van der Waals surface area contributed by atoms with Gasteiger partial charge in [0.05, 0.1) is 19.1 Å². The Hall–Kier alpha value is -2.08. The number of ether oxygens (including phenoxy) is 1. The number of benzene rings is 1. The zero-order valence-electron chi connectivity index (χ0n) is 9.85. The highest BCUT2D eigenvalue weighted by Crippen LogP contribution is 2.11. The van der Waals surface area contributed by atoms with E-state index in [0.29, 0.717) is 18.6 Å². The highest BCUT2D eigenvalue weighted by Gasteiger charge is 2.04. The third-order valence-corrected chi connectivity index (χ3v) is 2.19. The first-order valence-corrected chi connectivity index (χ1v) is 5.57. The van der Waals surface area contributed by atoms with Gasteiger partial charge in [0.2, 0.25) is 0 Å². The number of hydrogen-bond acceptors (Lipinski definition) is 3. The molecule has 3 nitrogen and oxygen atoms in total. The molecule has 0 atom stereocenters. The number of rotatable bonds is 5. The van der Waals surface area contributed by atoms with Crippen molar-refractivity contribution in [3.8, 4) is 6.07 Å². The minimum Gasteiger partial charge on any atom is -0.466 e. The average molecular weight is 229 g/mol. The molecule has 3 heteroatoms. The Morgan fingerprint density at radius 3 is 2.65 bits per heavy atom. The summed E-state index contributed by atoms with van der Waals surface area (Å²) in [6.45, 7) is 2.14. The largest absolute Gasteiger partial charge is 0.466 e. The number of carbonyl (C=O) groups excluding carboxylic acids is 1. The zero-order valence-corrected chi connectivity index (χ0v) is 9.85. The summed E-state index contributed by atoms with van der Waals surface area (Å²) >= 11 is 0. The lowest BCUT2D eigenvalue weighted by molar-refractivity contribution is -0.143. The van der Waals surface area contributed by atoms with E-state index >= 15 is 0 Å². The zero-order chi connectivity index (χ0) is 12.5. The molecule has 0 heterocycles. The van der Waals surface area contributed by atoms with Crippen molar-refractivity contribution >= 4 is 12.0 Å². The minimum atomic E-state index is -0.262. The van der Waals surface area contributed by atoms with E-state index in [1.54, 1.807) is 13.0 Å². The van der Waals surface area contributed by atoms with Crippen molar-refractivity contribution in [3.05, 3.63) is 41.5 Å². The van der Waals surface area contributed by atoms with Gasteiger partial charge in [0.1, 0.15) is 0 Å². The topological polar surface area (TPSA) is 50.1 Å². The molecule has 0 aromatic heterocycles. The van der Waals surface area contributed by atoms with Crippen LogP contribution in [0.15, 0.2) is 35.9 Å². The van der Waals surface area contributed by atoms with E-state index < -0.39 is 0 Å². The molecule has 0 fully saturated rings. The summed E-state index contributed by atoms with van der Waals surface area (Å²) in [4.78, 5) is 11.2. The molecule has 0 aliphatic rings. The minimum absolute atomic E-state index is 0.250. The maximum absolute atomic E-state index is 11.2. The number of carbonyl (C=O) groups is 1. The molecule has 17 heavy (non-hydrogen) atoms. The van der Waals surface area contributed by atoms with Crippen LogP contribution >= 0.6 is 0 Å². The number of nitriles is 1. The molecule has 0 N–H and O–H groups in total. The molecule has 88 valence electrons. The van der Waals surface area contributed by atoms with Gasteiger partial charge in [-0.1, -0.05) is 30.3 Å². The van der Waals surface area contributed by atoms with Gasteiger partial charge in [-0.3, -0.25) is 4.79 Å². The fraction of sp³-hybridized carbons (Fsp3) is 0.286. The lowest BCUT2D eigenvalue weighted by Crippen LogP contribution is -2.03. The molecule has 1 aromatic rings. The van der Waals surface area contributed by atoms with E-state index in [0.717, 1.165) is 5.56 Å². The summed E-state index contributed by atoms with van der Waals surface area (Å²) in [5, 5.41) is 8.96. The van der Waals surface area contributed by atoms with Gasteiger partial charge in [-0.05, 0) is 25.0 Å². The Morgan fingerprint density at radius 1 is 1.35 bits per heavy atom. The summed E-state index contributed by atoms with van der Waals surface area (Å²) in [5.41, 5.74) is 1.55. The van der Waals surface area contributed by atoms with Gasteiger partial charge in [0.25, 0.3) is 0 Å². The van der Waals surface area contributed by atoms with Crippen molar-refractivity contribution in [1.29, 1.82) is 5.26 Å². The van der Waals surface area contributed by atoms with Crippen molar-refractivity contribution < 1.29 is 9.53 Å². The van der Waals surface area contributed by atoms with Crippen LogP contribution in [-0.2, 0) is 9.53 Å². The van der Waals surface area contributed by atoms with Crippen molar-refractivity contribution in [2.24, 2.45) is 0 Å². The van der Waals surface area contributed by atoms with E-state index in [4.69, 9.17) is 10.00 Å². The van der Waals surface area contributed by atoms with Crippen LogP contribution in [0.4, 0.5) is 0 Å². The molecule has 0 radical (unpaired) electrons. The summed E-state index contributed by atoms with van der Waals surface area (Å²) < 4.78 is 4.81. The number of hydrogen-bond donors (Lipinski definition) is 0. The predicted molar refractivity (Wildman–Crippen MR) is 65.9 cm³/mol. The third-order valence-electron chi connectivity index (χ3n) is 2.19. The van der Waals surface area contributed by atoms with Gasteiger partial charge in [0.15, 0.2) is 0 Å². The highest BCUT2D eigenvalue weighted by molar-refractivity contribution is 5.70. The lowest BCUT2D eigenvalue weighted by atomic mass is 10.1. The normalized spacial score (nSPS) is 10.7. The van der Waals surface area contributed by atoms with Crippen LogP contribution in [0.5, 0.6) is 0 Å². The molecular formula is C14H15NO2. The van der Waals surface area contributed by atoms with Crippen LogP contribution in [0, 0.1) is 11.3 Å². The Bertz CT molecular complexity index is 429. The first-order chi connectivity index (χ1) is 8.26. The van der Waals surface area contributed by atoms with Crippen LogP contribution in [0.2, 0.25) is 0 Å². The monoisotopic (exact) mass is 229 g/mol. The molecule has 0 aliphatic carbocycles. The van der Waals surface area contributed by atoms with Gasteiger partial charge < -0.3 is 4.74 Å². The molecule has 1 rings (SSSR count). The molecular weight excluding hydrogens is 214 g/mol. The van der Waals surface area contributed by atoms with E-state index in [1.165, 1.54) is 0 Å². The summed E-state index contributed by atoms with van der Waals surface area (Å²) in [5.74, 6) is -0.262. The lowest BCUT2D eigenvalue weighted by Gasteiger charge is -2.01. The maximum atomic E-state index is 11.2. The van der Waals surface area contributed by atoms with Crippen molar-refractivity contribution in [2.45, 2.75) is 19.8 Å². The number of nitrogens with zero attached hydrogens (tertiary/aromatic N) is 1. The van der Waals surface area contributed by atoms with Crippen LogP contribution in [0.25, 0.3) is 6.08 Å². The molecule has 0 saturated heterocycles. The Kier molecular flexibility index (Phi) is 5.53. The van der Waals surface area contributed by atoms with Crippen molar-refractivity contribution in [3.63, 3.8) is 0 Å². The second-order valence-corrected chi connectivity index (χ2v) is 3.50. The average Bonchev–Trinajstić information content (AvgIpc) is 2.36. The van der Waals surface area contributed by atoms with Gasteiger partial charge >= 0.3 is 5.97 Å². The molecule has 0 unspecified atom stereocenters. The van der Waals surface area contributed by atoms with Gasteiger partial charge in [-0.25, -0.2) is 0 Å². The Morgan fingerprint density at radius 2 is 2.06 bits per heavy atom. The molecule has 0 saturated carbocycles. The molecule has 0 bridgehead atoms. The highest BCUT2D eigenvalue weighted by atomic mass is 16.5. The van der Waals surface area contributed by atoms with Crippen LogP contribution in [-0.4, -0.2) is 12.6 Å². The fourth-order valence-electron chi connectivity index (χ4n) is 1.38. The van der Waals surface area contributed by atoms with E-state index in [9.17, 15) is 4.79 Å². The Balaban J connectivity index is 2.58. The first-order valence-electron chi connectivity index (χ1n) is 5.57. The van der Waals surface area contributed by atoms with Gasteiger partial charge in [0, 0.05) is 5.57 Å². The SMILES string of the molecule is CCOC(=O)CC/C(C#N)=C/c1ccccc1. The molecule has 0 spiro atoms.